The molecule has 2 aromatic rings. The fourth-order valence-corrected chi connectivity index (χ4v) is 5.02. The van der Waals surface area contributed by atoms with Crippen molar-refractivity contribution in [3.8, 4) is 0 Å². The SMILES string of the molecule is O=C(NC1CCN(C2CC2)CC1)c1cccc(S(=O)(=O)Nc2ccc(Br)cc2)c1. The largest absolute Gasteiger partial charge is 0.349 e. The molecule has 0 unspecified atom stereocenters. The molecule has 6 nitrogen and oxygen atoms in total. The minimum Gasteiger partial charge on any atom is -0.349 e. The lowest BCUT2D eigenvalue weighted by atomic mass is 10.0. The number of sulfonamides is 1. The Morgan fingerprint density at radius 1 is 1.00 bits per heavy atom. The Morgan fingerprint density at radius 2 is 1.69 bits per heavy atom. The van der Waals surface area contributed by atoms with Crippen molar-refractivity contribution < 1.29 is 13.2 Å². The van der Waals surface area contributed by atoms with Gasteiger partial charge in [0.1, 0.15) is 0 Å². The zero-order valence-electron chi connectivity index (χ0n) is 16.0. The number of likely N-dealkylation sites (tertiary alicyclic amines) is 1. The standard InChI is InChI=1S/C21H24BrN3O3S/c22-16-4-6-18(7-5-16)24-29(27,28)20-3-1-2-15(14-20)21(26)23-17-10-12-25(13-11-17)19-8-9-19/h1-7,14,17,19,24H,8-13H2,(H,23,26). The van der Waals surface area contributed by atoms with Crippen LogP contribution >= 0.6 is 15.9 Å². The minimum atomic E-state index is -3.78. The topological polar surface area (TPSA) is 78.5 Å². The van der Waals surface area contributed by atoms with Crippen LogP contribution in [0.2, 0.25) is 0 Å². The highest BCUT2D eigenvalue weighted by Gasteiger charge is 2.32. The molecule has 0 aromatic heterocycles. The monoisotopic (exact) mass is 477 g/mol. The highest BCUT2D eigenvalue weighted by Crippen LogP contribution is 2.29. The number of anilines is 1. The summed E-state index contributed by atoms with van der Waals surface area (Å²) in [6, 6.07) is 13.9. The van der Waals surface area contributed by atoms with E-state index in [9.17, 15) is 13.2 Å². The predicted octanol–water partition coefficient (Wildman–Crippen LogP) is 3.61. The van der Waals surface area contributed by atoms with Crippen molar-refractivity contribution in [1.29, 1.82) is 0 Å². The molecule has 1 saturated carbocycles. The Bertz CT molecular complexity index is 982. The van der Waals surface area contributed by atoms with Gasteiger partial charge < -0.3 is 10.2 Å². The molecule has 2 fully saturated rings. The maximum Gasteiger partial charge on any atom is 0.261 e. The quantitative estimate of drug-likeness (QED) is 0.665. The van der Waals surface area contributed by atoms with E-state index in [2.05, 4.69) is 30.9 Å². The van der Waals surface area contributed by atoms with Crippen LogP contribution in [-0.2, 0) is 10.0 Å². The van der Waals surface area contributed by atoms with E-state index in [1.165, 1.54) is 25.0 Å². The van der Waals surface area contributed by atoms with Gasteiger partial charge in [-0.1, -0.05) is 22.0 Å². The van der Waals surface area contributed by atoms with E-state index in [-0.39, 0.29) is 16.8 Å². The van der Waals surface area contributed by atoms with E-state index in [1.807, 2.05) is 0 Å². The fraction of sp³-hybridized carbons (Fsp3) is 0.381. The van der Waals surface area contributed by atoms with Crippen LogP contribution in [0.1, 0.15) is 36.0 Å². The smallest absolute Gasteiger partial charge is 0.261 e. The van der Waals surface area contributed by atoms with Crippen LogP contribution in [-0.4, -0.2) is 44.4 Å². The highest BCUT2D eigenvalue weighted by atomic mass is 79.9. The molecule has 0 atom stereocenters. The first-order chi connectivity index (χ1) is 13.9. The van der Waals surface area contributed by atoms with Crippen LogP contribution < -0.4 is 10.0 Å². The molecule has 2 N–H and O–H groups in total. The first kappa shape index (κ1) is 20.4. The van der Waals surface area contributed by atoms with Crippen molar-refractivity contribution >= 4 is 37.5 Å². The molecule has 154 valence electrons. The maximum atomic E-state index is 12.7. The third kappa shape index (κ3) is 5.18. The molecule has 8 heteroatoms. The Morgan fingerprint density at radius 3 is 2.34 bits per heavy atom. The summed E-state index contributed by atoms with van der Waals surface area (Å²) in [6.07, 6.45) is 4.47. The predicted molar refractivity (Wildman–Crippen MR) is 116 cm³/mol. The number of hydrogen-bond acceptors (Lipinski definition) is 4. The third-order valence-electron chi connectivity index (χ3n) is 5.43. The van der Waals surface area contributed by atoms with Gasteiger partial charge in [0.15, 0.2) is 0 Å². The Hall–Kier alpha value is -1.90. The molecule has 1 saturated heterocycles. The zero-order chi connectivity index (χ0) is 20.4. The molecule has 1 aliphatic carbocycles. The molecule has 1 amide bonds. The lowest BCUT2D eigenvalue weighted by Gasteiger charge is -2.32. The summed E-state index contributed by atoms with van der Waals surface area (Å²) in [4.78, 5) is 15.2. The first-order valence-corrected chi connectivity index (χ1v) is 12.1. The van der Waals surface area contributed by atoms with E-state index in [1.54, 1.807) is 36.4 Å². The second kappa shape index (κ2) is 8.45. The van der Waals surface area contributed by atoms with E-state index in [0.717, 1.165) is 36.4 Å². The molecule has 4 rings (SSSR count). The Labute approximate surface area is 179 Å². The lowest BCUT2D eigenvalue weighted by molar-refractivity contribution is 0.0909. The van der Waals surface area contributed by atoms with Gasteiger partial charge in [-0.2, -0.15) is 0 Å². The van der Waals surface area contributed by atoms with Gasteiger partial charge in [-0.3, -0.25) is 9.52 Å². The number of carbonyl (C=O) groups is 1. The number of rotatable bonds is 6. The van der Waals surface area contributed by atoms with Crippen molar-refractivity contribution in [2.45, 2.75) is 42.7 Å². The summed E-state index contributed by atoms with van der Waals surface area (Å²) in [7, 11) is -3.78. The molecule has 2 aromatic carbocycles. The summed E-state index contributed by atoms with van der Waals surface area (Å²) in [5.74, 6) is -0.226. The number of hydrogen-bond donors (Lipinski definition) is 2. The molecule has 29 heavy (non-hydrogen) atoms. The summed E-state index contributed by atoms with van der Waals surface area (Å²) >= 11 is 3.33. The molecular formula is C21H24BrN3O3S. The van der Waals surface area contributed by atoms with Gasteiger partial charge in [0.25, 0.3) is 15.9 Å². The number of halogens is 1. The first-order valence-electron chi connectivity index (χ1n) is 9.84. The van der Waals surface area contributed by atoms with Gasteiger partial charge in [-0.25, -0.2) is 8.42 Å². The number of nitrogens with one attached hydrogen (secondary N) is 2. The van der Waals surface area contributed by atoms with Gasteiger partial charge >= 0.3 is 0 Å². The molecule has 1 aliphatic heterocycles. The molecular weight excluding hydrogens is 454 g/mol. The van der Waals surface area contributed by atoms with Crippen LogP contribution in [0.15, 0.2) is 57.9 Å². The van der Waals surface area contributed by atoms with Crippen LogP contribution in [0.25, 0.3) is 0 Å². The summed E-state index contributed by atoms with van der Waals surface area (Å²) < 4.78 is 28.8. The van der Waals surface area contributed by atoms with Crippen molar-refractivity contribution in [1.82, 2.24) is 10.2 Å². The molecule has 1 heterocycles. The van der Waals surface area contributed by atoms with Crippen molar-refractivity contribution in [2.75, 3.05) is 17.8 Å². The number of benzene rings is 2. The maximum absolute atomic E-state index is 12.7. The second-order valence-corrected chi connectivity index (χ2v) is 10.3. The molecule has 0 radical (unpaired) electrons. The number of nitrogens with zero attached hydrogens (tertiary/aromatic N) is 1. The van der Waals surface area contributed by atoms with Gasteiger partial charge in [-0.05, 0) is 68.1 Å². The number of piperidine rings is 1. The van der Waals surface area contributed by atoms with Crippen molar-refractivity contribution in [2.24, 2.45) is 0 Å². The van der Waals surface area contributed by atoms with E-state index in [0.29, 0.717) is 11.3 Å². The summed E-state index contributed by atoms with van der Waals surface area (Å²) in [6.45, 7) is 2.03. The normalized spacial score (nSPS) is 18.4. The van der Waals surface area contributed by atoms with Crippen LogP contribution in [0.4, 0.5) is 5.69 Å². The average Bonchev–Trinajstić information content (AvgIpc) is 3.56. The molecule has 0 bridgehead atoms. The Balaban J connectivity index is 1.40. The lowest BCUT2D eigenvalue weighted by Crippen LogP contribution is -2.45. The van der Waals surface area contributed by atoms with Gasteiger partial charge in [0.05, 0.1) is 4.90 Å². The summed E-state index contributed by atoms with van der Waals surface area (Å²) in [5.41, 5.74) is 0.818. The molecule has 0 spiro atoms. The number of carbonyl (C=O) groups excluding carboxylic acids is 1. The van der Waals surface area contributed by atoms with E-state index >= 15 is 0 Å². The minimum absolute atomic E-state index is 0.0663. The second-order valence-electron chi connectivity index (χ2n) is 7.66. The van der Waals surface area contributed by atoms with E-state index in [4.69, 9.17) is 0 Å². The van der Waals surface area contributed by atoms with Gasteiger partial charge in [-0.15, -0.1) is 0 Å². The van der Waals surface area contributed by atoms with Crippen LogP contribution in [0, 0.1) is 0 Å². The van der Waals surface area contributed by atoms with Gasteiger partial charge in [0.2, 0.25) is 0 Å². The highest BCUT2D eigenvalue weighted by molar-refractivity contribution is 9.10. The van der Waals surface area contributed by atoms with Crippen LogP contribution in [0.5, 0.6) is 0 Å². The van der Waals surface area contributed by atoms with Crippen molar-refractivity contribution in [3.63, 3.8) is 0 Å². The number of amides is 1. The fourth-order valence-electron chi connectivity index (χ4n) is 3.65. The zero-order valence-corrected chi connectivity index (χ0v) is 18.4. The summed E-state index contributed by atoms with van der Waals surface area (Å²) in [5, 5.41) is 3.06. The van der Waals surface area contributed by atoms with Gasteiger partial charge in [0, 0.05) is 40.9 Å². The Kier molecular flexibility index (Phi) is 5.94. The average molecular weight is 478 g/mol. The third-order valence-corrected chi connectivity index (χ3v) is 7.34. The van der Waals surface area contributed by atoms with E-state index < -0.39 is 10.0 Å². The molecule has 2 aliphatic rings. The van der Waals surface area contributed by atoms with Crippen LogP contribution in [0.3, 0.4) is 0 Å². The van der Waals surface area contributed by atoms with Crippen molar-refractivity contribution in [3.05, 3.63) is 58.6 Å².